The minimum Gasteiger partial charge on any atom is -0.383 e. The lowest BCUT2D eigenvalue weighted by Gasteiger charge is -2.13. The molecule has 0 saturated heterocycles. The maximum Gasteiger partial charge on any atom is 0.290 e. The van der Waals surface area contributed by atoms with Gasteiger partial charge in [-0.3, -0.25) is 4.79 Å². The molecule has 6 heteroatoms. The van der Waals surface area contributed by atoms with Crippen LogP contribution in [0.3, 0.4) is 0 Å². The molecule has 0 aliphatic rings. The lowest BCUT2D eigenvalue weighted by atomic mass is 10.3. The Kier molecular flexibility index (Phi) is 4.58. The standard InChI is InChI=1S/C9H13ClN2O3/c1-6-3-8(15-12-6)9(13)11-7(4-10)5-14-2/h3,7H,4-5H2,1-2H3,(H,11,13). The first-order chi connectivity index (χ1) is 7.17. The van der Waals surface area contributed by atoms with Crippen molar-refractivity contribution in [3.8, 4) is 0 Å². The first kappa shape index (κ1) is 12.0. The van der Waals surface area contributed by atoms with Crippen LogP contribution in [0.5, 0.6) is 0 Å². The smallest absolute Gasteiger partial charge is 0.290 e. The zero-order chi connectivity index (χ0) is 11.3. The minimum atomic E-state index is -0.335. The number of hydrogen-bond donors (Lipinski definition) is 1. The maximum atomic E-state index is 11.5. The zero-order valence-corrected chi connectivity index (χ0v) is 9.37. The summed E-state index contributed by atoms with van der Waals surface area (Å²) in [4.78, 5) is 11.5. The van der Waals surface area contributed by atoms with Gasteiger partial charge < -0.3 is 14.6 Å². The minimum absolute atomic E-state index is 0.179. The highest BCUT2D eigenvalue weighted by Crippen LogP contribution is 2.02. The molecule has 1 aromatic rings. The molecule has 0 aliphatic heterocycles. The van der Waals surface area contributed by atoms with Gasteiger partial charge in [0.05, 0.1) is 18.3 Å². The van der Waals surface area contributed by atoms with Crippen molar-refractivity contribution in [2.75, 3.05) is 19.6 Å². The lowest BCUT2D eigenvalue weighted by molar-refractivity contribution is 0.0870. The second kappa shape index (κ2) is 5.72. The molecule has 0 aromatic carbocycles. The van der Waals surface area contributed by atoms with E-state index in [1.165, 1.54) is 0 Å². The van der Waals surface area contributed by atoms with Gasteiger partial charge in [0.1, 0.15) is 0 Å². The number of nitrogens with one attached hydrogen (secondary N) is 1. The van der Waals surface area contributed by atoms with E-state index in [0.29, 0.717) is 12.3 Å². The molecule has 1 unspecified atom stereocenters. The molecular formula is C9H13ClN2O3. The van der Waals surface area contributed by atoms with Gasteiger partial charge in [-0.15, -0.1) is 11.6 Å². The molecule has 15 heavy (non-hydrogen) atoms. The number of aryl methyl sites for hydroxylation is 1. The SMILES string of the molecule is COCC(CCl)NC(=O)c1cc(C)no1. The summed E-state index contributed by atoms with van der Waals surface area (Å²) in [7, 11) is 1.55. The first-order valence-corrected chi connectivity index (χ1v) is 5.00. The van der Waals surface area contributed by atoms with E-state index in [0.717, 1.165) is 0 Å². The molecule has 1 amide bonds. The number of alkyl halides is 1. The number of carbonyl (C=O) groups excluding carboxylic acids is 1. The van der Waals surface area contributed by atoms with Gasteiger partial charge >= 0.3 is 0 Å². The van der Waals surface area contributed by atoms with Crippen molar-refractivity contribution in [3.63, 3.8) is 0 Å². The van der Waals surface area contributed by atoms with Gasteiger partial charge in [0, 0.05) is 19.1 Å². The third kappa shape index (κ3) is 3.53. The van der Waals surface area contributed by atoms with Gasteiger partial charge in [-0.25, -0.2) is 0 Å². The Morgan fingerprint density at radius 2 is 2.53 bits per heavy atom. The Hall–Kier alpha value is -1.07. The van der Waals surface area contributed by atoms with Crippen LogP contribution in [0.15, 0.2) is 10.6 Å². The van der Waals surface area contributed by atoms with Crippen molar-refractivity contribution in [2.45, 2.75) is 13.0 Å². The van der Waals surface area contributed by atoms with Crippen molar-refractivity contribution < 1.29 is 14.1 Å². The highest BCUT2D eigenvalue weighted by atomic mass is 35.5. The van der Waals surface area contributed by atoms with E-state index in [4.69, 9.17) is 20.9 Å². The van der Waals surface area contributed by atoms with Gasteiger partial charge in [0.15, 0.2) is 0 Å². The topological polar surface area (TPSA) is 64.4 Å². The molecule has 0 fully saturated rings. The number of methoxy groups -OCH3 is 1. The van der Waals surface area contributed by atoms with Crippen LogP contribution in [0, 0.1) is 6.92 Å². The van der Waals surface area contributed by atoms with Gasteiger partial charge in [-0.05, 0) is 6.92 Å². The molecule has 5 nitrogen and oxygen atoms in total. The molecule has 0 spiro atoms. The van der Waals surface area contributed by atoms with Crippen LogP contribution in [0.4, 0.5) is 0 Å². The first-order valence-electron chi connectivity index (χ1n) is 4.46. The fourth-order valence-corrected chi connectivity index (χ4v) is 1.22. The Morgan fingerprint density at radius 1 is 1.80 bits per heavy atom. The molecule has 1 N–H and O–H groups in total. The normalized spacial score (nSPS) is 12.5. The average Bonchev–Trinajstić information content (AvgIpc) is 2.64. The van der Waals surface area contributed by atoms with E-state index in [1.807, 2.05) is 0 Å². The van der Waals surface area contributed by atoms with Crippen LogP contribution in [0.1, 0.15) is 16.2 Å². The number of rotatable bonds is 5. The Balaban J connectivity index is 2.54. The van der Waals surface area contributed by atoms with Crippen molar-refractivity contribution >= 4 is 17.5 Å². The summed E-state index contributed by atoms with van der Waals surface area (Å²) < 4.78 is 9.70. The van der Waals surface area contributed by atoms with Crippen LogP contribution in [0.25, 0.3) is 0 Å². The average molecular weight is 233 g/mol. The summed E-state index contributed by atoms with van der Waals surface area (Å²) in [5, 5.41) is 6.28. The summed E-state index contributed by atoms with van der Waals surface area (Å²) in [6.07, 6.45) is 0. The van der Waals surface area contributed by atoms with Gasteiger partial charge in [-0.1, -0.05) is 5.16 Å². The van der Waals surface area contributed by atoms with Gasteiger partial charge in [0.2, 0.25) is 5.76 Å². The van der Waals surface area contributed by atoms with Gasteiger partial charge in [0.25, 0.3) is 5.91 Å². The van der Waals surface area contributed by atoms with Crippen LogP contribution < -0.4 is 5.32 Å². The van der Waals surface area contributed by atoms with E-state index in [-0.39, 0.29) is 23.6 Å². The second-order valence-corrected chi connectivity index (χ2v) is 3.42. The third-order valence-electron chi connectivity index (χ3n) is 1.74. The predicted molar refractivity (Wildman–Crippen MR) is 55.1 cm³/mol. The van der Waals surface area contributed by atoms with Crippen LogP contribution in [0.2, 0.25) is 0 Å². The van der Waals surface area contributed by atoms with E-state index in [2.05, 4.69) is 10.5 Å². The highest BCUT2D eigenvalue weighted by molar-refractivity contribution is 6.18. The van der Waals surface area contributed by atoms with Crippen molar-refractivity contribution in [3.05, 3.63) is 17.5 Å². The lowest BCUT2D eigenvalue weighted by Crippen LogP contribution is -2.39. The fourth-order valence-electron chi connectivity index (χ4n) is 1.05. The number of halogens is 1. The van der Waals surface area contributed by atoms with E-state index in [9.17, 15) is 4.79 Å². The Bertz CT molecular complexity index is 327. The Labute approximate surface area is 92.7 Å². The van der Waals surface area contributed by atoms with E-state index in [1.54, 1.807) is 20.1 Å². The number of aromatic nitrogens is 1. The largest absolute Gasteiger partial charge is 0.383 e. The summed E-state index contributed by atoms with van der Waals surface area (Å²) in [6.45, 7) is 2.11. The molecule has 0 saturated carbocycles. The monoisotopic (exact) mass is 232 g/mol. The molecule has 0 aliphatic carbocycles. The highest BCUT2D eigenvalue weighted by Gasteiger charge is 2.16. The Morgan fingerprint density at radius 3 is 3.00 bits per heavy atom. The second-order valence-electron chi connectivity index (χ2n) is 3.11. The van der Waals surface area contributed by atoms with Gasteiger partial charge in [-0.2, -0.15) is 0 Å². The van der Waals surface area contributed by atoms with Crippen LogP contribution in [-0.2, 0) is 4.74 Å². The quantitative estimate of drug-likeness (QED) is 0.769. The zero-order valence-electron chi connectivity index (χ0n) is 8.62. The summed E-state index contributed by atoms with van der Waals surface area (Å²) in [5.74, 6) is 0.129. The molecule has 1 heterocycles. The number of amides is 1. The summed E-state index contributed by atoms with van der Waals surface area (Å²) in [5.41, 5.74) is 0.661. The van der Waals surface area contributed by atoms with Crippen molar-refractivity contribution in [2.24, 2.45) is 0 Å². The number of nitrogens with zero attached hydrogens (tertiary/aromatic N) is 1. The van der Waals surface area contributed by atoms with Crippen LogP contribution >= 0.6 is 11.6 Å². The fraction of sp³-hybridized carbons (Fsp3) is 0.556. The number of carbonyl (C=O) groups is 1. The molecule has 0 radical (unpaired) electrons. The predicted octanol–water partition coefficient (Wildman–Crippen LogP) is 0.967. The number of hydrogen-bond acceptors (Lipinski definition) is 4. The van der Waals surface area contributed by atoms with Crippen molar-refractivity contribution in [1.82, 2.24) is 10.5 Å². The summed E-state index contributed by atoms with van der Waals surface area (Å²) >= 11 is 5.64. The molecule has 1 atom stereocenters. The number of ether oxygens (including phenoxy) is 1. The van der Waals surface area contributed by atoms with E-state index >= 15 is 0 Å². The molecule has 1 aromatic heterocycles. The maximum absolute atomic E-state index is 11.5. The molecule has 0 bridgehead atoms. The van der Waals surface area contributed by atoms with Crippen molar-refractivity contribution in [1.29, 1.82) is 0 Å². The molecular weight excluding hydrogens is 220 g/mol. The van der Waals surface area contributed by atoms with Crippen LogP contribution in [-0.4, -0.2) is 36.7 Å². The third-order valence-corrected chi connectivity index (χ3v) is 2.11. The van der Waals surface area contributed by atoms with E-state index < -0.39 is 0 Å². The molecule has 84 valence electrons. The summed E-state index contributed by atoms with van der Waals surface area (Å²) in [6, 6.07) is 1.34. The molecule has 1 rings (SSSR count).